The number of aryl methyl sites for hydroxylation is 1. The van der Waals surface area contributed by atoms with Crippen LogP contribution in [0.5, 0.6) is 0 Å². The quantitative estimate of drug-likeness (QED) is 0.330. The van der Waals surface area contributed by atoms with E-state index >= 15 is 0 Å². The van der Waals surface area contributed by atoms with E-state index in [0.717, 1.165) is 22.7 Å². The van der Waals surface area contributed by atoms with Crippen LogP contribution in [0, 0.1) is 11.8 Å². The first kappa shape index (κ1) is 25.8. The first-order chi connectivity index (χ1) is 15.0. The minimum absolute atomic E-state index is 0.191. The van der Waals surface area contributed by atoms with Crippen molar-refractivity contribution in [2.75, 3.05) is 11.8 Å². The average molecular weight is 484 g/mol. The fraction of sp³-hybridized carbons (Fsp3) is 0.476. The van der Waals surface area contributed by atoms with E-state index in [4.69, 9.17) is 9.29 Å². The standard InChI is InChI=1S/C21H29N3O6S2/c1-5-16-12-31-20(22-16)18(23-19(25)13(2)10-14(3)21(26)30-4)11-15-6-8-17(9-7-15)24-32(27,28)29/h6-9,12-14,18,24H,5,10-11H2,1-4H3,(H,23,25)(H,27,28,29). The predicted octanol–water partition coefficient (Wildman–Crippen LogP) is 3.16. The van der Waals surface area contributed by atoms with Gasteiger partial charge in [0.15, 0.2) is 0 Å². The van der Waals surface area contributed by atoms with Gasteiger partial charge >= 0.3 is 16.3 Å². The molecule has 2 aromatic rings. The zero-order valence-corrected chi connectivity index (χ0v) is 20.1. The van der Waals surface area contributed by atoms with Crippen LogP contribution in [0.1, 0.15) is 49.5 Å². The fourth-order valence-electron chi connectivity index (χ4n) is 3.19. The molecule has 0 aliphatic rings. The van der Waals surface area contributed by atoms with Crippen LogP contribution >= 0.6 is 11.3 Å². The number of nitrogens with one attached hydrogen (secondary N) is 2. The molecular weight excluding hydrogens is 454 g/mol. The molecule has 3 unspecified atom stereocenters. The molecule has 176 valence electrons. The van der Waals surface area contributed by atoms with E-state index in [1.165, 1.54) is 30.6 Å². The molecule has 1 heterocycles. The van der Waals surface area contributed by atoms with Gasteiger partial charge in [-0.05, 0) is 37.0 Å². The van der Waals surface area contributed by atoms with Crippen LogP contribution in [-0.2, 0) is 37.5 Å². The summed E-state index contributed by atoms with van der Waals surface area (Å²) in [5, 5.41) is 5.76. The lowest BCUT2D eigenvalue weighted by atomic mass is 9.96. The number of hydrogen-bond donors (Lipinski definition) is 3. The molecule has 11 heteroatoms. The van der Waals surface area contributed by atoms with E-state index in [9.17, 15) is 18.0 Å². The molecule has 3 atom stereocenters. The number of methoxy groups -OCH3 is 1. The van der Waals surface area contributed by atoms with Crippen molar-refractivity contribution in [2.45, 2.75) is 46.1 Å². The van der Waals surface area contributed by atoms with Crippen molar-refractivity contribution in [2.24, 2.45) is 11.8 Å². The summed E-state index contributed by atoms with van der Waals surface area (Å²) in [6.45, 7) is 5.49. The van der Waals surface area contributed by atoms with Gasteiger partial charge in [-0.25, -0.2) is 4.98 Å². The Bertz CT molecular complexity index is 1020. The van der Waals surface area contributed by atoms with Crippen molar-refractivity contribution in [1.29, 1.82) is 0 Å². The van der Waals surface area contributed by atoms with Gasteiger partial charge in [0, 0.05) is 11.3 Å². The van der Waals surface area contributed by atoms with Crippen LogP contribution in [0.2, 0.25) is 0 Å². The number of nitrogens with zero attached hydrogens (tertiary/aromatic N) is 1. The van der Waals surface area contributed by atoms with Gasteiger partial charge in [0.1, 0.15) is 5.01 Å². The first-order valence-corrected chi connectivity index (χ1v) is 12.5. The molecule has 0 spiro atoms. The molecule has 0 bridgehead atoms. The van der Waals surface area contributed by atoms with Crippen LogP contribution in [0.4, 0.5) is 5.69 Å². The molecule has 0 fully saturated rings. The Hall–Kier alpha value is -2.50. The number of rotatable bonds is 11. The normalized spacial score (nSPS) is 14.3. The molecule has 0 radical (unpaired) electrons. The number of amides is 1. The summed E-state index contributed by atoms with van der Waals surface area (Å²) < 4.78 is 37.6. The summed E-state index contributed by atoms with van der Waals surface area (Å²) >= 11 is 1.46. The maximum absolute atomic E-state index is 12.9. The van der Waals surface area contributed by atoms with E-state index in [2.05, 4.69) is 10.3 Å². The molecule has 0 aliphatic heterocycles. The molecule has 3 N–H and O–H groups in total. The Morgan fingerprint density at radius 2 is 1.84 bits per heavy atom. The van der Waals surface area contributed by atoms with E-state index in [1.807, 2.05) is 17.0 Å². The fourth-order valence-corrected chi connectivity index (χ4v) is 4.57. The molecule has 2 rings (SSSR count). The number of esters is 1. The summed E-state index contributed by atoms with van der Waals surface area (Å²) in [7, 11) is -3.02. The zero-order chi connectivity index (χ0) is 23.9. The van der Waals surface area contributed by atoms with Crippen LogP contribution in [0.15, 0.2) is 29.6 Å². The van der Waals surface area contributed by atoms with Crippen molar-refractivity contribution in [3.05, 3.63) is 45.9 Å². The van der Waals surface area contributed by atoms with Crippen molar-refractivity contribution < 1.29 is 27.3 Å². The highest BCUT2D eigenvalue weighted by Crippen LogP contribution is 2.25. The maximum Gasteiger partial charge on any atom is 0.357 e. The van der Waals surface area contributed by atoms with Gasteiger partial charge in [-0.2, -0.15) is 8.42 Å². The van der Waals surface area contributed by atoms with Gasteiger partial charge < -0.3 is 10.1 Å². The number of carbonyl (C=O) groups is 2. The van der Waals surface area contributed by atoms with Crippen LogP contribution in [0.3, 0.4) is 0 Å². The molecule has 1 aromatic carbocycles. The minimum Gasteiger partial charge on any atom is -0.469 e. The van der Waals surface area contributed by atoms with Gasteiger partial charge in [0.05, 0.1) is 30.5 Å². The summed E-state index contributed by atoms with van der Waals surface area (Å²) in [6, 6.07) is 6.10. The Balaban J connectivity index is 2.16. The number of benzene rings is 1. The monoisotopic (exact) mass is 483 g/mol. The Morgan fingerprint density at radius 1 is 1.19 bits per heavy atom. The molecule has 0 aliphatic carbocycles. The lowest BCUT2D eigenvalue weighted by molar-refractivity contribution is -0.145. The highest BCUT2D eigenvalue weighted by atomic mass is 32.2. The van der Waals surface area contributed by atoms with E-state index < -0.39 is 22.1 Å². The number of aromatic nitrogens is 1. The van der Waals surface area contributed by atoms with Gasteiger partial charge in [0.2, 0.25) is 5.91 Å². The molecule has 1 amide bonds. The van der Waals surface area contributed by atoms with E-state index in [1.54, 1.807) is 26.0 Å². The third-order valence-corrected chi connectivity index (χ3v) is 6.45. The smallest absolute Gasteiger partial charge is 0.357 e. The SMILES string of the molecule is CCc1csc(C(Cc2ccc(NS(=O)(=O)O)cc2)NC(=O)C(C)CC(C)C(=O)OC)n1. The van der Waals surface area contributed by atoms with Crippen molar-refractivity contribution >= 4 is 39.2 Å². The van der Waals surface area contributed by atoms with E-state index in [0.29, 0.717) is 12.8 Å². The largest absolute Gasteiger partial charge is 0.469 e. The lowest BCUT2D eigenvalue weighted by Crippen LogP contribution is -2.35. The topological polar surface area (TPSA) is 135 Å². The Labute approximate surface area is 192 Å². The van der Waals surface area contributed by atoms with Gasteiger partial charge in [0.25, 0.3) is 0 Å². The lowest BCUT2D eigenvalue weighted by Gasteiger charge is -2.21. The number of ether oxygens (including phenoxy) is 1. The second-order valence-electron chi connectivity index (χ2n) is 7.63. The number of hydrogen-bond acceptors (Lipinski definition) is 7. The first-order valence-electron chi connectivity index (χ1n) is 10.2. The van der Waals surface area contributed by atoms with Gasteiger partial charge in [-0.1, -0.05) is 32.9 Å². The minimum atomic E-state index is -4.35. The molecular formula is C21H29N3O6S2. The molecule has 32 heavy (non-hydrogen) atoms. The van der Waals surface area contributed by atoms with Crippen molar-refractivity contribution in [1.82, 2.24) is 10.3 Å². The summed E-state index contributed by atoms with van der Waals surface area (Å²) in [5.41, 5.74) is 2.01. The molecule has 1 aromatic heterocycles. The summed E-state index contributed by atoms with van der Waals surface area (Å²) in [4.78, 5) is 29.2. The Morgan fingerprint density at radius 3 is 2.38 bits per heavy atom. The average Bonchev–Trinajstić information content (AvgIpc) is 3.22. The third kappa shape index (κ3) is 7.88. The number of anilines is 1. The second-order valence-corrected chi connectivity index (χ2v) is 9.67. The van der Waals surface area contributed by atoms with Crippen LogP contribution in [0.25, 0.3) is 0 Å². The van der Waals surface area contributed by atoms with E-state index in [-0.39, 0.29) is 23.6 Å². The van der Waals surface area contributed by atoms with Crippen LogP contribution in [-0.4, -0.2) is 36.9 Å². The molecule has 0 saturated heterocycles. The molecule has 0 saturated carbocycles. The second kappa shape index (κ2) is 11.4. The Kier molecular flexibility index (Phi) is 9.17. The number of carbonyl (C=O) groups excluding carboxylic acids is 2. The van der Waals surface area contributed by atoms with Gasteiger partial charge in [-0.15, -0.1) is 11.3 Å². The predicted molar refractivity (Wildman–Crippen MR) is 123 cm³/mol. The highest BCUT2D eigenvalue weighted by Gasteiger charge is 2.25. The third-order valence-electron chi connectivity index (χ3n) is 4.95. The van der Waals surface area contributed by atoms with Crippen molar-refractivity contribution in [3.8, 4) is 0 Å². The number of thiazole rings is 1. The van der Waals surface area contributed by atoms with Gasteiger partial charge in [-0.3, -0.25) is 18.9 Å². The summed E-state index contributed by atoms with van der Waals surface area (Å²) in [5.74, 6) is -1.34. The maximum atomic E-state index is 12.9. The molecule has 9 nitrogen and oxygen atoms in total. The highest BCUT2D eigenvalue weighted by molar-refractivity contribution is 7.87. The van der Waals surface area contributed by atoms with Crippen LogP contribution < -0.4 is 10.0 Å². The summed E-state index contributed by atoms with van der Waals surface area (Å²) in [6.07, 6.45) is 1.58. The van der Waals surface area contributed by atoms with Crippen molar-refractivity contribution in [3.63, 3.8) is 0 Å². The zero-order valence-electron chi connectivity index (χ0n) is 18.5.